The Labute approximate surface area is 99.8 Å². The SMILES string of the molecule is O=C(c1ccccc1)N(CN=C=S)C1CC1. The van der Waals surface area contributed by atoms with Crippen molar-refractivity contribution in [3.05, 3.63) is 35.9 Å². The number of isothiocyanates is 1. The highest BCUT2D eigenvalue weighted by molar-refractivity contribution is 7.78. The molecule has 0 saturated heterocycles. The number of carbonyl (C=O) groups excluding carboxylic acids is 1. The van der Waals surface area contributed by atoms with E-state index < -0.39 is 0 Å². The van der Waals surface area contributed by atoms with Crippen molar-refractivity contribution in [3.8, 4) is 0 Å². The molecule has 0 unspecified atom stereocenters. The Morgan fingerprint density at radius 1 is 1.44 bits per heavy atom. The third-order valence-corrected chi connectivity index (χ3v) is 2.69. The Balaban J connectivity index is 2.13. The van der Waals surface area contributed by atoms with Gasteiger partial charge >= 0.3 is 0 Å². The average molecular weight is 232 g/mol. The van der Waals surface area contributed by atoms with Gasteiger partial charge in [0.15, 0.2) is 0 Å². The standard InChI is InChI=1S/C12H12N2OS/c15-12(10-4-2-1-3-5-10)14(8-13-9-16)11-6-7-11/h1-5,11H,6-8H2. The fourth-order valence-corrected chi connectivity index (χ4v) is 1.64. The van der Waals surface area contributed by atoms with Crippen LogP contribution in [0.25, 0.3) is 0 Å². The van der Waals surface area contributed by atoms with Crippen LogP contribution in [-0.2, 0) is 0 Å². The molecule has 0 radical (unpaired) electrons. The number of benzene rings is 1. The molecule has 0 aliphatic heterocycles. The highest BCUT2D eigenvalue weighted by Gasteiger charge is 2.32. The van der Waals surface area contributed by atoms with Crippen LogP contribution in [0.2, 0.25) is 0 Å². The Kier molecular flexibility index (Phi) is 3.44. The van der Waals surface area contributed by atoms with Crippen LogP contribution in [0.5, 0.6) is 0 Å². The first-order valence-corrected chi connectivity index (χ1v) is 5.63. The summed E-state index contributed by atoms with van der Waals surface area (Å²) in [6.45, 7) is 0.321. The minimum absolute atomic E-state index is 0.0251. The highest BCUT2D eigenvalue weighted by atomic mass is 32.1. The first-order valence-electron chi connectivity index (χ1n) is 5.22. The summed E-state index contributed by atoms with van der Waals surface area (Å²) in [6, 6.07) is 9.59. The average Bonchev–Trinajstić information content (AvgIpc) is 3.15. The fraction of sp³-hybridized carbons (Fsp3) is 0.333. The zero-order valence-electron chi connectivity index (χ0n) is 8.80. The summed E-state index contributed by atoms with van der Waals surface area (Å²) in [5.74, 6) is 0.0251. The lowest BCUT2D eigenvalue weighted by atomic mass is 10.2. The smallest absolute Gasteiger partial charge is 0.255 e. The zero-order valence-corrected chi connectivity index (χ0v) is 9.61. The van der Waals surface area contributed by atoms with Crippen molar-refractivity contribution < 1.29 is 4.79 Å². The Morgan fingerprint density at radius 2 is 2.12 bits per heavy atom. The summed E-state index contributed by atoms with van der Waals surface area (Å²) in [5.41, 5.74) is 0.703. The minimum Gasteiger partial charge on any atom is -0.315 e. The normalized spacial score (nSPS) is 14.0. The van der Waals surface area contributed by atoms with Gasteiger partial charge in [-0.3, -0.25) is 4.79 Å². The summed E-state index contributed by atoms with van der Waals surface area (Å²) in [7, 11) is 0. The predicted octanol–water partition coefficient (Wildman–Crippen LogP) is 2.35. The van der Waals surface area contributed by atoms with E-state index in [1.807, 2.05) is 30.3 Å². The van der Waals surface area contributed by atoms with Gasteiger partial charge in [-0.05, 0) is 37.2 Å². The number of amides is 1. The molecule has 1 amide bonds. The van der Waals surface area contributed by atoms with Gasteiger partial charge in [0.25, 0.3) is 5.91 Å². The number of aliphatic imine (C=N–C) groups is 1. The Morgan fingerprint density at radius 3 is 2.69 bits per heavy atom. The van der Waals surface area contributed by atoms with E-state index in [9.17, 15) is 4.79 Å². The molecule has 0 N–H and O–H groups in total. The van der Waals surface area contributed by atoms with Gasteiger partial charge in [0.1, 0.15) is 6.67 Å². The van der Waals surface area contributed by atoms with Crippen LogP contribution in [0.4, 0.5) is 0 Å². The van der Waals surface area contributed by atoms with E-state index in [0.717, 1.165) is 12.8 Å². The summed E-state index contributed by atoms with van der Waals surface area (Å²) in [6.07, 6.45) is 2.12. The molecule has 0 spiro atoms. The van der Waals surface area contributed by atoms with Gasteiger partial charge in [0, 0.05) is 11.6 Å². The molecule has 0 bridgehead atoms. The van der Waals surface area contributed by atoms with Crippen molar-refractivity contribution in [3.63, 3.8) is 0 Å². The van der Waals surface area contributed by atoms with Crippen molar-refractivity contribution >= 4 is 23.3 Å². The van der Waals surface area contributed by atoms with E-state index in [2.05, 4.69) is 22.4 Å². The second kappa shape index (κ2) is 5.01. The molecule has 0 atom stereocenters. The first kappa shape index (κ1) is 11.0. The lowest BCUT2D eigenvalue weighted by molar-refractivity contribution is 0.0749. The summed E-state index contributed by atoms with van der Waals surface area (Å²) >= 11 is 4.53. The number of nitrogens with zero attached hydrogens (tertiary/aromatic N) is 2. The second-order valence-electron chi connectivity index (χ2n) is 3.76. The lowest BCUT2D eigenvalue weighted by Crippen LogP contribution is -2.33. The van der Waals surface area contributed by atoms with Crippen LogP contribution in [-0.4, -0.2) is 28.7 Å². The first-order chi connectivity index (χ1) is 7.83. The topological polar surface area (TPSA) is 32.7 Å². The molecule has 0 heterocycles. The number of hydrogen-bond donors (Lipinski definition) is 0. The Hall–Kier alpha value is -1.51. The van der Waals surface area contributed by atoms with Gasteiger partial charge in [-0.25, -0.2) is 4.99 Å². The maximum absolute atomic E-state index is 12.1. The van der Waals surface area contributed by atoms with Gasteiger partial charge in [-0.1, -0.05) is 18.2 Å². The minimum atomic E-state index is 0.0251. The molecular formula is C12H12N2OS. The molecule has 1 aromatic carbocycles. The molecule has 1 aliphatic carbocycles. The second-order valence-corrected chi connectivity index (χ2v) is 3.95. The van der Waals surface area contributed by atoms with E-state index in [1.54, 1.807) is 4.90 Å². The molecule has 16 heavy (non-hydrogen) atoms. The van der Waals surface area contributed by atoms with Crippen LogP contribution >= 0.6 is 12.2 Å². The van der Waals surface area contributed by atoms with E-state index in [4.69, 9.17) is 0 Å². The molecule has 82 valence electrons. The summed E-state index contributed by atoms with van der Waals surface area (Å²) < 4.78 is 0. The van der Waals surface area contributed by atoms with Crippen LogP contribution in [0.1, 0.15) is 23.2 Å². The van der Waals surface area contributed by atoms with E-state index >= 15 is 0 Å². The van der Waals surface area contributed by atoms with Crippen LogP contribution < -0.4 is 0 Å². The molecule has 1 saturated carbocycles. The number of hydrogen-bond acceptors (Lipinski definition) is 3. The van der Waals surface area contributed by atoms with Gasteiger partial charge in [0.2, 0.25) is 0 Å². The number of thiocarbonyl (C=S) groups is 1. The van der Waals surface area contributed by atoms with Crippen molar-refractivity contribution in [1.29, 1.82) is 0 Å². The molecule has 4 heteroatoms. The molecule has 1 aromatic rings. The summed E-state index contributed by atoms with van der Waals surface area (Å²) in [4.78, 5) is 17.7. The van der Waals surface area contributed by atoms with Crippen molar-refractivity contribution in [2.75, 3.05) is 6.67 Å². The maximum atomic E-state index is 12.1. The van der Waals surface area contributed by atoms with Crippen LogP contribution in [0, 0.1) is 0 Å². The lowest BCUT2D eigenvalue weighted by Gasteiger charge is -2.19. The van der Waals surface area contributed by atoms with E-state index in [1.165, 1.54) is 0 Å². The van der Waals surface area contributed by atoms with E-state index in [0.29, 0.717) is 18.3 Å². The molecule has 1 aliphatic rings. The fourth-order valence-electron chi connectivity index (χ4n) is 1.58. The van der Waals surface area contributed by atoms with Gasteiger partial charge in [0.05, 0.1) is 5.16 Å². The molecule has 3 nitrogen and oxygen atoms in total. The molecular weight excluding hydrogens is 220 g/mol. The van der Waals surface area contributed by atoms with Gasteiger partial charge < -0.3 is 4.90 Å². The van der Waals surface area contributed by atoms with E-state index in [-0.39, 0.29) is 5.91 Å². The predicted molar refractivity (Wildman–Crippen MR) is 65.5 cm³/mol. The number of carbonyl (C=O) groups is 1. The third-order valence-electron chi connectivity index (χ3n) is 2.56. The highest BCUT2D eigenvalue weighted by Crippen LogP contribution is 2.28. The monoisotopic (exact) mass is 232 g/mol. The molecule has 1 fully saturated rings. The van der Waals surface area contributed by atoms with Gasteiger partial charge in [-0.15, -0.1) is 0 Å². The number of rotatable bonds is 4. The third kappa shape index (κ3) is 2.54. The largest absolute Gasteiger partial charge is 0.315 e. The molecule has 0 aromatic heterocycles. The van der Waals surface area contributed by atoms with Gasteiger partial charge in [-0.2, -0.15) is 0 Å². The quantitative estimate of drug-likeness (QED) is 0.589. The Bertz CT molecular complexity index is 422. The summed E-state index contributed by atoms with van der Waals surface area (Å²) in [5, 5.41) is 2.30. The molecule has 2 rings (SSSR count). The van der Waals surface area contributed by atoms with Crippen molar-refractivity contribution in [2.24, 2.45) is 4.99 Å². The van der Waals surface area contributed by atoms with Crippen LogP contribution in [0.15, 0.2) is 35.3 Å². The van der Waals surface area contributed by atoms with Crippen molar-refractivity contribution in [1.82, 2.24) is 4.90 Å². The van der Waals surface area contributed by atoms with Crippen LogP contribution in [0.3, 0.4) is 0 Å². The van der Waals surface area contributed by atoms with Crippen molar-refractivity contribution in [2.45, 2.75) is 18.9 Å². The zero-order chi connectivity index (χ0) is 11.4. The maximum Gasteiger partial charge on any atom is 0.255 e.